The van der Waals surface area contributed by atoms with Gasteiger partial charge in [0.25, 0.3) is 0 Å². The Bertz CT molecular complexity index is 1060. The van der Waals surface area contributed by atoms with Crippen LogP contribution in [-0.2, 0) is 0 Å². The maximum atomic E-state index is 10.4. The largest absolute Gasteiger partial charge is 0.400 e. The minimum Gasteiger partial charge on any atom is -0.400 e. The number of nitrogens with one attached hydrogen (secondary N) is 2. The fraction of sp³-hybridized carbons (Fsp3) is 0.280. The lowest BCUT2D eigenvalue weighted by Gasteiger charge is -2.28. The number of guanidine groups is 1. The average Bonchev–Trinajstić information content (AvgIpc) is 3.17. The van der Waals surface area contributed by atoms with E-state index in [1.54, 1.807) is 0 Å². The summed E-state index contributed by atoms with van der Waals surface area (Å²) in [6.45, 7) is 1.88. The summed E-state index contributed by atoms with van der Waals surface area (Å²) in [4.78, 5) is 9.88. The minimum atomic E-state index is -0.255. The molecule has 0 saturated carbocycles. The third-order valence-electron chi connectivity index (χ3n) is 5.64. The van der Waals surface area contributed by atoms with Gasteiger partial charge < -0.3 is 27.3 Å². The Morgan fingerprint density at radius 3 is 2.76 bits per heavy atom. The minimum absolute atomic E-state index is 0.176. The van der Waals surface area contributed by atoms with Crippen molar-refractivity contribution < 1.29 is 5.21 Å². The number of piperidine rings is 1. The monoisotopic (exact) mass is 477 g/mol. The quantitative estimate of drug-likeness (QED) is 0.314. The summed E-state index contributed by atoms with van der Waals surface area (Å²) in [5.41, 5.74) is 15.4. The van der Waals surface area contributed by atoms with Crippen LogP contribution >= 0.6 is 11.9 Å². The molecular formula is C25H31N7OS. The van der Waals surface area contributed by atoms with E-state index in [0.717, 1.165) is 47.7 Å². The average molecular weight is 478 g/mol. The summed E-state index contributed by atoms with van der Waals surface area (Å²) in [6.07, 6.45) is 17.8. The molecular weight excluding hydrogens is 446 g/mol. The Labute approximate surface area is 204 Å². The van der Waals surface area contributed by atoms with Gasteiger partial charge in [0.2, 0.25) is 5.96 Å². The molecule has 7 N–H and O–H groups in total. The van der Waals surface area contributed by atoms with Crippen molar-refractivity contribution in [2.24, 2.45) is 21.5 Å². The van der Waals surface area contributed by atoms with Crippen molar-refractivity contribution in [2.75, 3.05) is 18.4 Å². The molecule has 2 heterocycles. The van der Waals surface area contributed by atoms with Crippen LogP contribution in [0.1, 0.15) is 19.3 Å². The molecule has 34 heavy (non-hydrogen) atoms. The lowest BCUT2D eigenvalue weighted by molar-refractivity contribution is -0.0325. The van der Waals surface area contributed by atoms with Gasteiger partial charge in [0, 0.05) is 41.2 Å². The first-order chi connectivity index (χ1) is 16.6. The highest BCUT2D eigenvalue weighted by Gasteiger charge is 2.20. The number of hydrogen-bond donors (Lipinski definition) is 5. The molecule has 1 atom stereocenters. The number of nitrogens with two attached hydrogens (primary N) is 2. The predicted octanol–water partition coefficient (Wildman–Crippen LogP) is 3.49. The molecule has 3 aliphatic rings. The number of hydroxylamine groups is 1. The van der Waals surface area contributed by atoms with E-state index >= 15 is 0 Å². The summed E-state index contributed by atoms with van der Waals surface area (Å²) in [5, 5.41) is 16.9. The van der Waals surface area contributed by atoms with Crippen LogP contribution in [0.2, 0.25) is 0 Å². The van der Waals surface area contributed by atoms with Gasteiger partial charge in [-0.1, -0.05) is 30.4 Å². The number of nitrogens with zero attached hydrogens (tertiary/aromatic N) is 3. The van der Waals surface area contributed by atoms with Crippen molar-refractivity contribution in [3.8, 4) is 0 Å². The van der Waals surface area contributed by atoms with Gasteiger partial charge in [0.05, 0.1) is 6.04 Å². The van der Waals surface area contributed by atoms with Crippen LogP contribution in [0, 0.1) is 0 Å². The molecule has 1 unspecified atom stereocenters. The van der Waals surface area contributed by atoms with Crippen LogP contribution < -0.4 is 22.1 Å². The Hall–Kier alpha value is -2.95. The van der Waals surface area contributed by atoms with Crippen LogP contribution in [-0.4, -0.2) is 47.0 Å². The van der Waals surface area contributed by atoms with Crippen molar-refractivity contribution in [1.82, 2.24) is 9.79 Å². The molecule has 9 heteroatoms. The molecule has 0 aromatic heterocycles. The molecule has 0 radical (unpaired) electrons. The Morgan fingerprint density at radius 1 is 1.18 bits per heavy atom. The summed E-state index contributed by atoms with van der Waals surface area (Å²) < 4.78 is 1.38. The Balaban J connectivity index is 1.34. The number of rotatable bonds is 6. The number of aliphatic imine (C=N–C) groups is 2. The molecule has 8 nitrogen and oxygen atoms in total. The topological polar surface area (TPSA) is 124 Å². The molecule has 0 amide bonds. The van der Waals surface area contributed by atoms with E-state index < -0.39 is 0 Å². The molecule has 1 aromatic carbocycles. The number of benzene rings is 1. The first kappa shape index (κ1) is 24.2. The normalized spacial score (nSPS) is 21.6. The van der Waals surface area contributed by atoms with Gasteiger partial charge >= 0.3 is 0 Å². The Kier molecular flexibility index (Phi) is 8.51. The second-order valence-corrected chi connectivity index (χ2v) is 9.28. The van der Waals surface area contributed by atoms with E-state index in [9.17, 15) is 5.21 Å². The van der Waals surface area contributed by atoms with Gasteiger partial charge in [0.15, 0.2) is 0 Å². The maximum absolute atomic E-state index is 10.4. The summed E-state index contributed by atoms with van der Waals surface area (Å²) in [6, 6.07) is 7.79. The van der Waals surface area contributed by atoms with Crippen molar-refractivity contribution in [1.29, 1.82) is 0 Å². The molecule has 1 saturated heterocycles. The molecule has 1 fully saturated rings. The van der Waals surface area contributed by atoms with Gasteiger partial charge in [-0.15, -0.1) is 4.47 Å². The highest BCUT2D eigenvalue weighted by atomic mass is 32.2. The summed E-state index contributed by atoms with van der Waals surface area (Å²) in [7, 11) is 0. The first-order valence-corrected chi connectivity index (χ1v) is 12.2. The van der Waals surface area contributed by atoms with Crippen molar-refractivity contribution in [3.63, 3.8) is 0 Å². The zero-order valence-corrected chi connectivity index (χ0v) is 19.8. The van der Waals surface area contributed by atoms with Crippen LogP contribution in [0.3, 0.4) is 0 Å². The lowest BCUT2D eigenvalue weighted by Crippen LogP contribution is -2.38. The third-order valence-corrected chi connectivity index (χ3v) is 6.61. The number of hydrogen-bond acceptors (Lipinski definition) is 9. The Morgan fingerprint density at radius 2 is 1.97 bits per heavy atom. The van der Waals surface area contributed by atoms with E-state index in [4.69, 9.17) is 11.5 Å². The molecule has 1 aromatic rings. The van der Waals surface area contributed by atoms with E-state index in [2.05, 4.69) is 20.6 Å². The van der Waals surface area contributed by atoms with Gasteiger partial charge in [-0.3, -0.25) is 0 Å². The zero-order chi connectivity index (χ0) is 23.8. The smallest absolute Gasteiger partial charge is 0.226 e. The molecule has 0 spiro atoms. The van der Waals surface area contributed by atoms with E-state index in [-0.39, 0.29) is 12.1 Å². The van der Waals surface area contributed by atoms with E-state index in [1.165, 1.54) is 16.4 Å². The van der Waals surface area contributed by atoms with Crippen LogP contribution in [0.15, 0.2) is 98.6 Å². The SMILES string of the molecule is NC1=CC(/C=C/C2=CN=C(Nc3ccc(SN(O)C4CCNCC4)cc3)N=CC2)=CC=CC1N. The fourth-order valence-electron chi connectivity index (χ4n) is 3.62. The predicted molar refractivity (Wildman–Crippen MR) is 141 cm³/mol. The lowest BCUT2D eigenvalue weighted by atomic mass is 10.1. The highest BCUT2D eigenvalue weighted by molar-refractivity contribution is 7.96. The highest BCUT2D eigenvalue weighted by Crippen LogP contribution is 2.27. The van der Waals surface area contributed by atoms with Crippen LogP contribution in [0.4, 0.5) is 5.69 Å². The molecule has 0 bridgehead atoms. The molecule has 1 aliphatic carbocycles. The van der Waals surface area contributed by atoms with Gasteiger partial charge in [-0.25, -0.2) is 9.98 Å². The van der Waals surface area contributed by atoms with Gasteiger partial charge in [0.1, 0.15) is 0 Å². The first-order valence-electron chi connectivity index (χ1n) is 11.4. The van der Waals surface area contributed by atoms with Crippen molar-refractivity contribution >= 4 is 29.8 Å². The summed E-state index contributed by atoms with van der Waals surface area (Å²) in [5.74, 6) is 0.522. The van der Waals surface area contributed by atoms with Crippen molar-refractivity contribution in [3.05, 3.63) is 83.8 Å². The number of anilines is 1. The van der Waals surface area contributed by atoms with E-state index in [1.807, 2.05) is 73.1 Å². The fourth-order valence-corrected chi connectivity index (χ4v) is 4.46. The maximum Gasteiger partial charge on any atom is 0.226 e. The number of allylic oxidation sites excluding steroid dienone is 7. The standard InChI is InChI=1S/C25H31N7OS/c26-23-3-1-2-18(16-24(23)27)4-5-19-10-15-29-25(30-17-19)31-20-6-8-22(9-7-20)34-32(33)21-11-13-28-14-12-21/h1-9,15-17,21,23,28,33H,10-14,26-27H2,(H,30,31)/b5-4+. The van der Waals surface area contributed by atoms with Gasteiger partial charge in [-0.05, 0) is 79.4 Å². The van der Waals surface area contributed by atoms with Gasteiger partial charge in [-0.2, -0.15) is 0 Å². The second-order valence-electron chi connectivity index (χ2n) is 8.25. The summed E-state index contributed by atoms with van der Waals surface area (Å²) >= 11 is 1.36. The van der Waals surface area contributed by atoms with Crippen LogP contribution in [0.5, 0.6) is 0 Å². The van der Waals surface area contributed by atoms with Crippen LogP contribution in [0.25, 0.3) is 0 Å². The zero-order valence-electron chi connectivity index (χ0n) is 19.0. The van der Waals surface area contributed by atoms with E-state index in [0.29, 0.717) is 18.1 Å². The third kappa shape index (κ3) is 7.02. The second kappa shape index (κ2) is 12.0. The van der Waals surface area contributed by atoms with Crippen molar-refractivity contribution in [2.45, 2.75) is 36.2 Å². The molecule has 178 valence electrons. The molecule has 2 aliphatic heterocycles. The molecule has 4 rings (SSSR count).